The van der Waals surface area contributed by atoms with Crippen molar-refractivity contribution in [1.29, 1.82) is 0 Å². The van der Waals surface area contributed by atoms with Crippen LogP contribution in [-0.2, 0) is 17.6 Å². The highest BCUT2D eigenvalue weighted by Gasteiger charge is 2.21. The topological polar surface area (TPSA) is 47.0 Å². The second-order valence-electron chi connectivity index (χ2n) is 5.61. The first kappa shape index (κ1) is 13.0. The maximum Gasteiger partial charge on any atom is 0.131 e. The second kappa shape index (κ2) is 5.97. The number of ether oxygens (including phenoxy) is 1. The van der Waals surface area contributed by atoms with E-state index < -0.39 is 0 Å². The van der Waals surface area contributed by atoms with E-state index in [-0.39, 0.29) is 0 Å². The molecule has 1 aromatic heterocycles. The molecule has 1 N–H and O–H groups in total. The van der Waals surface area contributed by atoms with Crippen LogP contribution in [0.15, 0.2) is 6.20 Å². The fourth-order valence-electron chi connectivity index (χ4n) is 3.16. The summed E-state index contributed by atoms with van der Waals surface area (Å²) in [5, 5.41) is 3.39. The van der Waals surface area contributed by atoms with E-state index in [1.54, 1.807) is 0 Å². The molecule has 2 unspecified atom stereocenters. The molecule has 0 bridgehead atoms. The van der Waals surface area contributed by atoms with Gasteiger partial charge in [0.1, 0.15) is 5.82 Å². The third-order valence-corrected chi connectivity index (χ3v) is 4.26. The number of hydrogen-bond donors (Lipinski definition) is 1. The van der Waals surface area contributed by atoms with Gasteiger partial charge in [0.05, 0.1) is 6.10 Å². The predicted molar refractivity (Wildman–Crippen MR) is 74.1 cm³/mol. The number of fused-ring (bicyclic) bond motifs is 1. The normalized spacial score (nSPS) is 27.0. The first-order chi connectivity index (χ1) is 9.36. The molecule has 4 heteroatoms. The first-order valence-corrected chi connectivity index (χ1v) is 7.50. The van der Waals surface area contributed by atoms with E-state index in [4.69, 9.17) is 9.72 Å². The summed E-state index contributed by atoms with van der Waals surface area (Å²) in [6.45, 7) is 0.900. The molecule has 0 amide bonds. The standard InChI is InChI=1S/C15H23N3O/c1-16-13-6-2-3-7-14-12(13)10-17-15(18-14)9-11-5-4-8-19-11/h10-11,13,16H,2-9H2,1H3. The number of nitrogens with zero attached hydrogens (tertiary/aromatic N) is 2. The van der Waals surface area contributed by atoms with Crippen molar-refractivity contribution < 1.29 is 4.74 Å². The lowest BCUT2D eigenvalue weighted by Crippen LogP contribution is -2.19. The third kappa shape index (κ3) is 2.95. The summed E-state index contributed by atoms with van der Waals surface area (Å²) in [6, 6.07) is 0.425. The molecule has 2 heterocycles. The number of rotatable bonds is 3. The van der Waals surface area contributed by atoms with Gasteiger partial charge in [-0.3, -0.25) is 0 Å². The number of nitrogens with one attached hydrogen (secondary N) is 1. The average Bonchev–Trinajstić information content (AvgIpc) is 2.84. The van der Waals surface area contributed by atoms with Crippen molar-refractivity contribution in [3.63, 3.8) is 0 Å². The minimum atomic E-state index is 0.337. The molecule has 1 fully saturated rings. The molecule has 0 saturated carbocycles. The fourth-order valence-corrected chi connectivity index (χ4v) is 3.16. The Hall–Kier alpha value is -1.00. The van der Waals surface area contributed by atoms with Crippen LogP contribution >= 0.6 is 0 Å². The highest BCUT2D eigenvalue weighted by molar-refractivity contribution is 5.23. The predicted octanol–water partition coefficient (Wildman–Crippen LogP) is 2.18. The average molecular weight is 261 g/mol. The van der Waals surface area contributed by atoms with Crippen molar-refractivity contribution in [3.05, 3.63) is 23.3 Å². The summed E-state index contributed by atoms with van der Waals surface area (Å²) >= 11 is 0. The van der Waals surface area contributed by atoms with Crippen LogP contribution in [0.5, 0.6) is 0 Å². The van der Waals surface area contributed by atoms with E-state index in [0.29, 0.717) is 12.1 Å². The highest BCUT2D eigenvalue weighted by Crippen LogP contribution is 2.27. The van der Waals surface area contributed by atoms with Crippen LogP contribution in [0, 0.1) is 0 Å². The number of aryl methyl sites for hydroxylation is 1. The molecule has 0 aromatic carbocycles. The number of aromatic nitrogens is 2. The minimum Gasteiger partial charge on any atom is -0.378 e. The lowest BCUT2D eigenvalue weighted by Gasteiger charge is -2.16. The quantitative estimate of drug-likeness (QED) is 0.847. The van der Waals surface area contributed by atoms with Crippen molar-refractivity contribution in [3.8, 4) is 0 Å². The molecule has 104 valence electrons. The van der Waals surface area contributed by atoms with Crippen molar-refractivity contribution >= 4 is 0 Å². The van der Waals surface area contributed by atoms with E-state index in [0.717, 1.165) is 31.7 Å². The monoisotopic (exact) mass is 261 g/mol. The Labute approximate surface area is 115 Å². The molecule has 2 atom stereocenters. The molecule has 0 spiro atoms. The summed E-state index contributed by atoms with van der Waals surface area (Å²) in [5.41, 5.74) is 2.55. The van der Waals surface area contributed by atoms with Crippen LogP contribution in [0.4, 0.5) is 0 Å². The molecule has 1 aromatic rings. The van der Waals surface area contributed by atoms with E-state index in [9.17, 15) is 0 Å². The van der Waals surface area contributed by atoms with Gasteiger partial charge in [0.15, 0.2) is 0 Å². The Balaban J connectivity index is 1.79. The summed E-state index contributed by atoms with van der Waals surface area (Å²) in [6.07, 6.45) is 10.4. The molecule has 4 nitrogen and oxygen atoms in total. The molecule has 1 aliphatic heterocycles. The lowest BCUT2D eigenvalue weighted by atomic mass is 10.0. The second-order valence-corrected chi connectivity index (χ2v) is 5.61. The van der Waals surface area contributed by atoms with Gasteiger partial charge in [0, 0.05) is 36.5 Å². The molecular formula is C15H23N3O. The largest absolute Gasteiger partial charge is 0.378 e. The molecule has 0 radical (unpaired) electrons. The SMILES string of the molecule is CNC1CCCCc2nc(CC3CCCO3)ncc21. The molecule has 3 rings (SSSR count). The summed E-state index contributed by atoms with van der Waals surface area (Å²) in [7, 11) is 2.03. The van der Waals surface area contributed by atoms with E-state index in [2.05, 4.69) is 10.3 Å². The van der Waals surface area contributed by atoms with Crippen molar-refractivity contribution in [1.82, 2.24) is 15.3 Å². The zero-order valence-corrected chi connectivity index (χ0v) is 11.7. The van der Waals surface area contributed by atoms with Crippen molar-refractivity contribution in [2.75, 3.05) is 13.7 Å². The maximum atomic E-state index is 5.68. The molecular weight excluding hydrogens is 238 g/mol. The summed E-state index contributed by atoms with van der Waals surface area (Å²) in [4.78, 5) is 9.37. The Morgan fingerprint density at radius 3 is 3.05 bits per heavy atom. The van der Waals surface area contributed by atoms with Crippen LogP contribution in [0.2, 0.25) is 0 Å². The van der Waals surface area contributed by atoms with Crippen molar-refractivity contribution in [2.45, 2.75) is 57.1 Å². The van der Waals surface area contributed by atoms with Gasteiger partial charge >= 0.3 is 0 Å². The fraction of sp³-hybridized carbons (Fsp3) is 0.733. The van der Waals surface area contributed by atoms with Crippen LogP contribution < -0.4 is 5.32 Å². The van der Waals surface area contributed by atoms with Crippen LogP contribution in [0.25, 0.3) is 0 Å². The zero-order chi connectivity index (χ0) is 13.1. The van der Waals surface area contributed by atoms with Gasteiger partial charge in [0.25, 0.3) is 0 Å². The van der Waals surface area contributed by atoms with Gasteiger partial charge in [-0.05, 0) is 39.2 Å². The van der Waals surface area contributed by atoms with Crippen molar-refractivity contribution in [2.24, 2.45) is 0 Å². The summed E-state index contributed by atoms with van der Waals surface area (Å²) in [5.74, 6) is 0.961. The number of hydrogen-bond acceptors (Lipinski definition) is 4. The zero-order valence-electron chi connectivity index (χ0n) is 11.7. The smallest absolute Gasteiger partial charge is 0.131 e. The first-order valence-electron chi connectivity index (χ1n) is 7.50. The van der Waals surface area contributed by atoms with E-state index >= 15 is 0 Å². The molecule has 19 heavy (non-hydrogen) atoms. The van der Waals surface area contributed by atoms with Crippen LogP contribution in [0.1, 0.15) is 55.2 Å². The molecule has 1 aliphatic carbocycles. The van der Waals surface area contributed by atoms with Crippen LogP contribution in [0.3, 0.4) is 0 Å². The Bertz CT molecular complexity index is 429. The third-order valence-electron chi connectivity index (χ3n) is 4.26. The maximum absolute atomic E-state index is 5.68. The summed E-state index contributed by atoms with van der Waals surface area (Å²) < 4.78 is 5.68. The molecule has 1 saturated heterocycles. The van der Waals surface area contributed by atoms with Gasteiger partial charge in [-0.2, -0.15) is 0 Å². The van der Waals surface area contributed by atoms with Gasteiger partial charge < -0.3 is 10.1 Å². The Kier molecular flexibility index (Phi) is 4.09. The highest BCUT2D eigenvalue weighted by atomic mass is 16.5. The van der Waals surface area contributed by atoms with Gasteiger partial charge in [-0.25, -0.2) is 9.97 Å². The minimum absolute atomic E-state index is 0.337. The molecule has 2 aliphatic rings. The Morgan fingerprint density at radius 1 is 1.32 bits per heavy atom. The van der Waals surface area contributed by atoms with Gasteiger partial charge in [-0.1, -0.05) is 6.42 Å². The van der Waals surface area contributed by atoms with E-state index in [1.165, 1.54) is 36.9 Å². The Morgan fingerprint density at radius 2 is 2.26 bits per heavy atom. The van der Waals surface area contributed by atoms with Gasteiger partial charge in [-0.15, -0.1) is 0 Å². The van der Waals surface area contributed by atoms with Gasteiger partial charge in [0.2, 0.25) is 0 Å². The van der Waals surface area contributed by atoms with Crippen LogP contribution in [-0.4, -0.2) is 29.7 Å². The lowest BCUT2D eigenvalue weighted by molar-refractivity contribution is 0.110. The van der Waals surface area contributed by atoms with E-state index in [1.807, 2.05) is 13.2 Å².